The Bertz CT molecular complexity index is 229. The second kappa shape index (κ2) is 7.15. The zero-order valence-electron chi connectivity index (χ0n) is 7.69. The van der Waals surface area contributed by atoms with Gasteiger partial charge < -0.3 is 24.8 Å². The molecule has 0 atom stereocenters. The summed E-state index contributed by atoms with van der Waals surface area (Å²) >= 11 is 0. The minimum atomic E-state index is 0. The molecular weight excluding hydrogens is 282 g/mol. The standard InChI is InChI=1S/C10H13.2ClH.Zr/c1-8-5-6-10(7-8)9-3-2-4-9;;;/h5-7,9H,2-4H2,1H3;2*1H;/q-1;;;+3/p-2. The third-order valence-corrected chi connectivity index (χ3v) is 2.51. The van der Waals surface area contributed by atoms with Crippen molar-refractivity contribution in [1.29, 1.82) is 0 Å². The molecule has 1 aliphatic carbocycles. The van der Waals surface area contributed by atoms with Crippen molar-refractivity contribution in [2.24, 2.45) is 0 Å². The first-order valence-electron chi connectivity index (χ1n) is 4.09. The van der Waals surface area contributed by atoms with Crippen LogP contribution in [0.3, 0.4) is 0 Å². The molecular formula is C10H13Cl2Zr. The Kier molecular flexibility index (Phi) is 8.94. The smallest absolute Gasteiger partial charge is 1.00 e. The van der Waals surface area contributed by atoms with E-state index >= 15 is 0 Å². The van der Waals surface area contributed by atoms with Gasteiger partial charge in [-0.2, -0.15) is 23.3 Å². The van der Waals surface area contributed by atoms with Crippen LogP contribution < -0.4 is 24.8 Å². The molecule has 1 saturated carbocycles. The molecule has 1 aromatic carbocycles. The van der Waals surface area contributed by atoms with E-state index in [1.165, 1.54) is 24.8 Å². The Labute approximate surface area is 112 Å². The van der Waals surface area contributed by atoms with Crippen molar-refractivity contribution in [2.45, 2.75) is 32.1 Å². The molecule has 0 saturated heterocycles. The first-order valence-corrected chi connectivity index (χ1v) is 4.09. The van der Waals surface area contributed by atoms with E-state index in [0.29, 0.717) is 0 Å². The first kappa shape index (κ1) is 16.3. The van der Waals surface area contributed by atoms with Crippen molar-refractivity contribution in [3.63, 3.8) is 0 Å². The zero-order chi connectivity index (χ0) is 6.97. The fourth-order valence-corrected chi connectivity index (χ4v) is 1.58. The molecule has 0 aromatic heterocycles. The molecule has 1 radical (unpaired) electrons. The summed E-state index contributed by atoms with van der Waals surface area (Å²) in [5.41, 5.74) is 2.99. The fourth-order valence-electron chi connectivity index (χ4n) is 1.58. The maximum absolute atomic E-state index is 2.32. The van der Waals surface area contributed by atoms with Gasteiger partial charge in [-0.15, -0.1) is 0 Å². The van der Waals surface area contributed by atoms with Crippen LogP contribution in [0.5, 0.6) is 0 Å². The molecule has 1 fully saturated rings. The van der Waals surface area contributed by atoms with Crippen LogP contribution in [-0.4, -0.2) is 0 Å². The monoisotopic (exact) mass is 293 g/mol. The van der Waals surface area contributed by atoms with Crippen molar-refractivity contribution < 1.29 is 51.0 Å². The Morgan fingerprint density at radius 2 is 1.92 bits per heavy atom. The van der Waals surface area contributed by atoms with E-state index in [9.17, 15) is 0 Å². The van der Waals surface area contributed by atoms with Gasteiger partial charge in [0.2, 0.25) is 0 Å². The summed E-state index contributed by atoms with van der Waals surface area (Å²) < 4.78 is 0. The molecule has 0 spiro atoms. The van der Waals surface area contributed by atoms with Crippen molar-refractivity contribution in [3.8, 4) is 0 Å². The Balaban J connectivity index is 0. The van der Waals surface area contributed by atoms with E-state index in [2.05, 4.69) is 25.1 Å². The predicted octanol–water partition coefficient (Wildman–Crippen LogP) is -3.01. The number of hydrogen-bond acceptors (Lipinski definition) is 0. The molecule has 13 heavy (non-hydrogen) atoms. The van der Waals surface area contributed by atoms with Crippen LogP contribution in [0.25, 0.3) is 0 Å². The van der Waals surface area contributed by atoms with Crippen LogP contribution in [0.1, 0.15) is 36.3 Å². The van der Waals surface area contributed by atoms with Crippen molar-refractivity contribution in [3.05, 3.63) is 29.3 Å². The molecule has 1 aliphatic rings. The Morgan fingerprint density at radius 1 is 1.31 bits per heavy atom. The second-order valence-corrected chi connectivity index (χ2v) is 3.35. The zero-order valence-corrected chi connectivity index (χ0v) is 11.7. The van der Waals surface area contributed by atoms with Crippen LogP contribution in [0.2, 0.25) is 0 Å². The van der Waals surface area contributed by atoms with E-state index < -0.39 is 0 Å². The van der Waals surface area contributed by atoms with Gasteiger partial charge in [0.05, 0.1) is 0 Å². The summed E-state index contributed by atoms with van der Waals surface area (Å²) in [6.45, 7) is 2.17. The summed E-state index contributed by atoms with van der Waals surface area (Å²) in [5, 5.41) is 0. The van der Waals surface area contributed by atoms with Crippen LogP contribution in [0.4, 0.5) is 0 Å². The average molecular weight is 295 g/mol. The maximum Gasteiger partial charge on any atom is 3.00 e. The number of aryl methyl sites for hydroxylation is 1. The van der Waals surface area contributed by atoms with Crippen LogP contribution in [0.15, 0.2) is 18.2 Å². The van der Waals surface area contributed by atoms with Crippen molar-refractivity contribution >= 4 is 0 Å². The topological polar surface area (TPSA) is 0 Å². The molecule has 1 aromatic rings. The molecule has 71 valence electrons. The number of rotatable bonds is 1. The summed E-state index contributed by atoms with van der Waals surface area (Å²) in [6.07, 6.45) is 4.28. The van der Waals surface area contributed by atoms with Gasteiger partial charge in [0.25, 0.3) is 0 Å². The fraction of sp³-hybridized carbons (Fsp3) is 0.500. The SMILES string of the molecule is Cc1cc(C2CCC2)c[cH-]1.[Cl-].[Cl-].[Zr+3]. The summed E-state index contributed by atoms with van der Waals surface area (Å²) in [6, 6.07) is 6.82. The Morgan fingerprint density at radius 3 is 2.23 bits per heavy atom. The third kappa shape index (κ3) is 3.82. The quantitative estimate of drug-likeness (QED) is 0.484. The largest absolute Gasteiger partial charge is 3.00 e. The van der Waals surface area contributed by atoms with Gasteiger partial charge in [-0.3, -0.25) is 0 Å². The number of hydrogen-bond donors (Lipinski definition) is 0. The molecule has 0 amide bonds. The average Bonchev–Trinajstić information content (AvgIpc) is 2.10. The first-order chi connectivity index (χ1) is 4.86. The van der Waals surface area contributed by atoms with Crippen molar-refractivity contribution in [1.82, 2.24) is 0 Å². The van der Waals surface area contributed by atoms with Gasteiger partial charge in [0.15, 0.2) is 0 Å². The van der Waals surface area contributed by atoms with Crippen LogP contribution in [0, 0.1) is 6.92 Å². The molecule has 3 heteroatoms. The van der Waals surface area contributed by atoms with E-state index in [0.717, 1.165) is 5.92 Å². The van der Waals surface area contributed by atoms with Gasteiger partial charge in [-0.25, -0.2) is 6.07 Å². The van der Waals surface area contributed by atoms with Gasteiger partial charge in [0, 0.05) is 0 Å². The molecule has 2 rings (SSSR count). The maximum atomic E-state index is 2.32. The molecule has 0 heterocycles. The van der Waals surface area contributed by atoms with Crippen LogP contribution in [-0.2, 0) is 26.2 Å². The van der Waals surface area contributed by atoms with Crippen LogP contribution >= 0.6 is 0 Å². The van der Waals surface area contributed by atoms with Crippen molar-refractivity contribution in [2.75, 3.05) is 0 Å². The minimum Gasteiger partial charge on any atom is -1.00 e. The molecule has 0 bridgehead atoms. The normalized spacial score (nSPS) is 14.5. The van der Waals surface area contributed by atoms with Gasteiger partial charge in [0.1, 0.15) is 0 Å². The summed E-state index contributed by atoms with van der Waals surface area (Å²) in [7, 11) is 0. The minimum absolute atomic E-state index is 0. The molecule has 0 aliphatic heterocycles. The Hall–Kier alpha value is 0.813. The predicted molar refractivity (Wildman–Crippen MR) is 43.4 cm³/mol. The molecule has 0 unspecified atom stereocenters. The molecule has 0 nitrogen and oxygen atoms in total. The van der Waals surface area contributed by atoms with E-state index in [-0.39, 0.29) is 51.0 Å². The summed E-state index contributed by atoms with van der Waals surface area (Å²) in [4.78, 5) is 0. The van der Waals surface area contributed by atoms with E-state index in [1.807, 2.05) is 0 Å². The summed E-state index contributed by atoms with van der Waals surface area (Å²) in [5.74, 6) is 0.911. The van der Waals surface area contributed by atoms with E-state index in [4.69, 9.17) is 0 Å². The molecule has 0 N–H and O–H groups in total. The van der Waals surface area contributed by atoms with Gasteiger partial charge in [-0.05, 0) is 0 Å². The van der Waals surface area contributed by atoms with E-state index in [1.54, 1.807) is 5.56 Å². The number of halogens is 2. The van der Waals surface area contributed by atoms with Gasteiger partial charge in [-0.1, -0.05) is 32.1 Å². The van der Waals surface area contributed by atoms with Gasteiger partial charge >= 0.3 is 26.2 Å². The third-order valence-electron chi connectivity index (χ3n) is 2.51. The second-order valence-electron chi connectivity index (χ2n) is 3.35.